The second kappa shape index (κ2) is 7.72. The van der Waals surface area contributed by atoms with Gasteiger partial charge in [-0.25, -0.2) is 18.8 Å². The molecule has 0 bridgehead atoms. The van der Waals surface area contributed by atoms with Crippen LogP contribution < -0.4 is 4.74 Å². The number of carboxylic acid groups (broad SMARTS) is 2. The molecule has 164 valence electrons. The fraction of sp³-hybridized carbons (Fsp3) is 0.471. The Morgan fingerprint density at radius 2 is 1.87 bits per heavy atom. The van der Waals surface area contributed by atoms with Crippen molar-refractivity contribution >= 4 is 23.7 Å². The normalized spacial score (nSPS) is 21.2. The molecule has 0 radical (unpaired) electrons. The number of carbonyl (C=O) groups excluding carboxylic acids is 1. The zero-order valence-corrected chi connectivity index (χ0v) is 16.0. The van der Waals surface area contributed by atoms with Gasteiger partial charge in [-0.2, -0.15) is 4.39 Å². The molecule has 0 saturated carbocycles. The van der Waals surface area contributed by atoms with Crippen molar-refractivity contribution in [3.8, 4) is 5.75 Å². The van der Waals surface area contributed by atoms with Crippen molar-refractivity contribution in [2.45, 2.75) is 44.4 Å². The van der Waals surface area contributed by atoms with Gasteiger partial charge in [0.15, 0.2) is 0 Å². The van der Waals surface area contributed by atoms with Crippen molar-refractivity contribution in [3.63, 3.8) is 0 Å². The van der Waals surface area contributed by atoms with Crippen LogP contribution in [0.3, 0.4) is 0 Å². The number of ether oxygens (including phenoxy) is 2. The second-order valence-electron chi connectivity index (χ2n) is 7.56. The first kappa shape index (κ1) is 22.8. The standard InChI is InChI=1S/C17H18F2N2O9/c1-16(2,3)30-15(26)20-7-17(14(24)25,6-10(20)13(22)23)29-11-5-8(18)4-9(19)12(11)21(27)28/h4-5,10H,6-7H2,1-3H3,(H,22,23)(H,24,25)/t10-,17+/m0/s1. The third-order valence-electron chi connectivity index (χ3n) is 4.11. The molecule has 0 aromatic heterocycles. The first-order chi connectivity index (χ1) is 13.7. The van der Waals surface area contributed by atoms with Crippen LogP contribution in [0.15, 0.2) is 12.1 Å². The first-order valence-corrected chi connectivity index (χ1v) is 8.45. The molecular weight excluding hydrogens is 414 g/mol. The average Bonchev–Trinajstić information content (AvgIpc) is 2.93. The number of hydrogen-bond acceptors (Lipinski definition) is 7. The third kappa shape index (κ3) is 4.55. The molecule has 1 aromatic carbocycles. The highest BCUT2D eigenvalue weighted by Gasteiger charge is 2.57. The van der Waals surface area contributed by atoms with Crippen LogP contribution in [0.25, 0.3) is 0 Å². The van der Waals surface area contributed by atoms with E-state index < -0.39 is 76.2 Å². The Morgan fingerprint density at radius 1 is 1.27 bits per heavy atom. The zero-order valence-electron chi connectivity index (χ0n) is 16.0. The van der Waals surface area contributed by atoms with Crippen molar-refractivity contribution in [3.05, 3.63) is 33.9 Å². The number of nitro benzene ring substituents is 1. The maximum atomic E-state index is 13.9. The number of benzene rings is 1. The lowest BCUT2D eigenvalue weighted by Crippen LogP contribution is -2.48. The van der Waals surface area contributed by atoms with Gasteiger partial charge in [0.2, 0.25) is 17.2 Å². The number of likely N-dealkylation sites (tertiary alicyclic amines) is 1. The van der Waals surface area contributed by atoms with E-state index in [0.29, 0.717) is 11.0 Å². The monoisotopic (exact) mass is 432 g/mol. The van der Waals surface area contributed by atoms with E-state index in [-0.39, 0.29) is 6.07 Å². The van der Waals surface area contributed by atoms with Gasteiger partial charge < -0.3 is 19.7 Å². The van der Waals surface area contributed by atoms with Crippen LogP contribution in [0, 0.1) is 21.7 Å². The molecule has 1 aliphatic heterocycles. The van der Waals surface area contributed by atoms with E-state index >= 15 is 0 Å². The van der Waals surface area contributed by atoms with Gasteiger partial charge in [0.05, 0.1) is 11.5 Å². The molecule has 1 amide bonds. The average molecular weight is 432 g/mol. The van der Waals surface area contributed by atoms with Crippen LogP contribution in [-0.2, 0) is 14.3 Å². The molecule has 1 aromatic rings. The summed E-state index contributed by atoms with van der Waals surface area (Å²) in [5, 5.41) is 30.2. The van der Waals surface area contributed by atoms with Crippen LogP contribution in [0.1, 0.15) is 27.2 Å². The van der Waals surface area contributed by atoms with Crippen LogP contribution >= 0.6 is 0 Å². The smallest absolute Gasteiger partial charge is 0.411 e. The summed E-state index contributed by atoms with van der Waals surface area (Å²) in [6, 6.07) is -1.12. The van der Waals surface area contributed by atoms with E-state index in [0.717, 1.165) is 0 Å². The summed E-state index contributed by atoms with van der Waals surface area (Å²) in [5.41, 5.74) is -4.91. The number of carboxylic acids is 2. The predicted octanol–water partition coefficient (Wildman–Crippen LogP) is 2.17. The Bertz CT molecular complexity index is 915. The second-order valence-corrected chi connectivity index (χ2v) is 7.56. The number of amides is 1. The Morgan fingerprint density at radius 3 is 2.33 bits per heavy atom. The number of rotatable bonds is 5. The van der Waals surface area contributed by atoms with Gasteiger partial charge in [-0.15, -0.1) is 0 Å². The fourth-order valence-electron chi connectivity index (χ4n) is 2.89. The number of nitro groups is 1. The number of aliphatic carboxylic acids is 2. The van der Waals surface area contributed by atoms with E-state index in [2.05, 4.69) is 0 Å². The number of nitrogens with zero attached hydrogens (tertiary/aromatic N) is 2. The molecule has 0 unspecified atom stereocenters. The van der Waals surface area contributed by atoms with Crippen molar-refractivity contribution in [1.82, 2.24) is 4.90 Å². The topological polar surface area (TPSA) is 157 Å². The quantitative estimate of drug-likeness (QED) is 0.526. The highest BCUT2D eigenvalue weighted by molar-refractivity contribution is 5.87. The molecule has 1 saturated heterocycles. The largest absolute Gasteiger partial charge is 0.480 e. The van der Waals surface area contributed by atoms with E-state index in [1.807, 2.05) is 0 Å². The van der Waals surface area contributed by atoms with Crippen LogP contribution in [0.2, 0.25) is 0 Å². The molecule has 2 N–H and O–H groups in total. The number of carbonyl (C=O) groups is 3. The molecule has 1 aliphatic rings. The maximum Gasteiger partial charge on any atom is 0.411 e. The third-order valence-corrected chi connectivity index (χ3v) is 4.11. The highest BCUT2D eigenvalue weighted by Crippen LogP contribution is 2.39. The van der Waals surface area contributed by atoms with Crippen LogP contribution in [0.5, 0.6) is 5.75 Å². The van der Waals surface area contributed by atoms with Gasteiger partial charge in [-0.05, 0) is 20.8 Å². The lowest BCUT2D eigenvalue weighted by Gasteiger charge is -2.28. The predicted molar refractivity (Wildman–Crippen MR) is 93.0 cm³/mol. The molecule has 0 spiro atoms. The lowest BCUT2D eigenvalue weighted by molar-refractivity contribution is -0.388. The van der Waals surface area contributed by atoms with E-state index in [9.17, 15) is 43.5 Å². The minimum absolute atomic E-state index is 0.208. The van der Waals surface area contributed by atoms with E-state index in [1.165, 1.54) is 20.8 Å². The fourth-order valence-corrected chi connectivity index (χ4v) is 2.89. The van der Waals surface area contributed by atoms with Crippen LogP contribution in [-0.4, -0.2) is 61.9 Å². The molecule has 1 heterocycles. The molecule has 11 nitrogen and oxygen atoms in total. The van der Waals surface area contributed by atoms with Crippen LogP contribution in [0.4, 0.5) is 19.3 Å². The Hall–Kier alpha value is -3.51. The van der Waals surface area contributed by atoms with Gasteiger partial charge in [-0.3, -0.25) is 15.0 Å². The molecular formula is C17H18F2N2O9. The molecule has 13 heteroatoms. The lowest BCUT2D eigenvalue weighted by atomic mass is 10.00. The van der Waals surface area contributed by atoms with Gasteiger partial charge in [0.25, 0.3) is 0 Å². The van der Waals surface area contributed by atoms with E-state index in [1.54, 1.807) is 0 Å². The zero-order chi connectivity index (χ0) is 23.0. The Labute approximate surface area is 167 Å². The minimum atomic E-state index is -2.54. The maximum absolute atomic E-state index is 13.9. The van der Waals surface area contributed by atoms with E-state index in [4.69, 9.17) is 9.47 Å². The van der Waals surface area contributed by atoms with Gasteiger partial charge in [-0.1, -0.05) is 0 Å². The summed E-state index contributed by atoms with van der Waals surface area (Å²) in [6.45, 7) is 3.59. The molecule has 0 aliphatic carbocycles. The number of halogens is 2. The molecule has 2 rings (SSSR count). The summed E-state index contributed by atoms with van der Waals surface area (Å²) < 4.78 is 37.7. The van der Waals surface area contributed by atoms with Crippen molar-refractivity contribution < 1.29 is 47.8 Å². The Balaban J connectivity index is 2.51. The molecule has 1 fully saturated rings. The highest BCUT2D eigenvalue weighted by atomic mass is 19.1. The first-order valence-electron chi connectivity index (χ1n) is 8.45. The van der Waals surface area contributed by atoms with Gasteiger partial charge in [0, 0.05) is 18.6 Å². The molecule has 2 atom stereocenters. The number of hydrogen-bond donors (Lipinski definition) is 2. The summed E-state index contributed by atoms with van der Waals surface area (Å²) in [5.74, 6) is -7.35. The van der Waals surface area contributed by atoms with Gasteiger partial charge >= 0.3 is 23.7 Å². The SMILES string of the molecule is CC(C)(C)OC(=O)N1C[C@@](Oc2cc(F)cc(F)c2[N+](=O)[O-])(C(=O)O)C[C@H]1C(=O)O. The molecule has 30 heavy (non-hydrogen) atoms. The summed E-state index contributed by atoms with van der Waals surface area (Å²) in [4.78, 5) is 46.4. The summed E-state index contributed by atoms with van der Waals surface area (Å²) in [6.07, 6.45) is -2.02. The van der Waals surface area contributed by atoms with Crippen molar-refractivity contribution in [2.75, 3.05) is 6.54 Å². The Kier molecular flexibility index (Phi) is 5.86. The van der Waals surface area contributed by atoms with Crippen molar-refractivity contribution in [2.24, 2.45) is 0 Å². The van der Waals surface area contributed by atoms with Gasteiger partial charge in [0.1, 0.15) is 17.5 Å². The summed E-state index contributed by atoms with van der Waals surface area (Å²) >= 11 is 0. The minimum Gasteiger partial charge on any atom is -0.480 e. The summed E-state index contributed by atoms with van der Waals surface area (Å²) in [7, 11) is 0. The van der Waals surface area contributed by atoms with Crippen molar-refractivity contribution in [1.29, 1.82) is 0 Å².